The molecule has 0 aliphatic carbocycles. The number of rotatable bonds is 5. The first-order valence-corrected chi connectivity index (χ1v) is 7.64. The summed E-state index contributed by atoms with van der Waals surface area (Å²) in [6.07, 6.45) is 0. The van der Waals surface area contributed by atoms with Gasteiger partial charge in [-0.15, -0.1) is 0 Å². The van der Waals surface area contributed by atoms with E-state index in [0.29, 0.717) is 5.02 Å². The monoisotopic (exact) mass is 316 g/mol. The third kappa shape index (κ3) is 4.09. The molecule has 4 heteroatoms. The van der Waals surface area contributed by atoms with Crippen molar-refractivity contribution in [3.05, 3.63) is 70.7 Å². The SMILES string of the molecule is C[C@@H](N[C@@H](C(=O)N(C)C)c1ccccc1)c1ccc(Cl)cc1. The molecule has 22 heavy (non-hydrogen) atoms. The minimum Gasteiger partial charge on any atom is -0.347 e. The summed E-state index contributed by atoms with van der Waals surface area (Å²) in [6, 6.07) is 17.1. The van der Waals surface area contributed by atoms with Gasteiger partial charge in [0, 0.05) is 25.2 Å². The van der Waals surface area contributed by atoms with Crippen molar-refractivity contribution in [1.82, 2.24) is 10.2 Å². The van der Waals surface area contributed by atoms with Gasteiger partial charge in [-0.1, -0.05) is 54.1 Å². The molecular weight excluding hydrogens is 296 g/mol. The van der Waals surface area contributed by atoms with Crippen LogP contribution in [0.2, 0.25) is 5.02 Å². The van der Waals surface area contributed by atoms with E-state index in [1.807, 2.05) is 61.5 Å². The molecule has 0 spiro atoms. The van der Waals surface area contributed by atoms with Gasteiger partial charge in [-0.2, -0.15) is 0 Å². The van der Waals surface area contributed by atoms with Crippen molar-refractivity contribution >= 4 is 17.5 Å². The Labute approximate surface area is 136 Å². The zero-order chi connectivity index (χ0) is 16.1. The second-order valence-corrected chi connectivity index (χ2v) is 5.95. The van der Waals surface area contributed by atoms with Gasteiger partial charge in [-0.25, -0.2) is 0 Å². The number of likely N-dealkylation sites (N-methyl/N-ethyl adjacent to an activating group) is 1. The van der Waals surface area contributed by atoms with Gasteiger partial charge in [0.05, 0.1) is 0 Å². The molecule has 116 valence electrons. The van der Waals surface area contributed by atoms with Gasteiger partial charge in [0.2, 0.25) is 5.91 Å². The van der Waals surface area contributed by atoms with Crippen molar-refractivity contribution < 1.29 is 4.79 Å². The van der Waals surface area contributed by atoms with Crippen LogP contribution in [0.25, 0.3) is 0 Å². The molecule has 2 atom stereocenters. The number of benzene rings is 2. The summed E-state index contributed by atoms with van der Waals surface area (Å²) in [5.74, 6) is 0.0343. The molecule has 2 rings (SSSR count). The van der Waals surface area contributed by atoms with Crippen LogP contribution in [0.15, 0.2) is 54.6 Å². The molecule has 0 aromatic heterocycles. The maximum atomic E-state index is 12.5. The molecule has 0 aliphatic heterocycles. The number of halogens is 1. The first-order chi connectivity index (χ1) is 10.5. The molecule has 3 nitrogen and oxygen atoms in total. The molecule has 0 aliphatic rings. The first kappa shape index (κ1) is 16.5. The van der Waals surface area contributed by atoms with Crippen LogP contribution in [-0.4, -0.2) is 24.9 Å². The van der Waals surface area contributed by atoms with Crippen LogP contribution in [0.3, 0.4) is 0 Å². The largest absolute Gasteiger partial charge is 0.347 e. The average molecular weight is 317 g/mol. The normalized spacial score (nSPS) is 13.5. The standard InChI is InChI=1S/C18H21ClN2O/c1-13(14-9-11-16(19)12-10-14)20-17(18(22)21(2)3)15-7-5-4-6-8-15/h4-13,17,20H,1-3H3/t13-,17-/m1/s1. The van der Waals surface area contributed by atoms with Gasteiger partial charge in [0.1, 0.15) is 6.04 Å². The van der Waals surface area contributed by atoms with Crippen LogP contribution < -0.4 is 5.32 Å². The lowest BCUT2D eigenvalue weighted by Gasteiger charge is -2.26. The van der Waals surface area contributed by atoms with Gasteiger partial charge in [0.25, 0.3) is 0 Å². The Morgan fingerprint density at radius 1 is 1.00 bits per heavy atom. The van der Waals surface area contributed by atoms with Crippen LogP contribution in [-0.2, 0) is 4.79 Å². The van der Waals surface area contributed by atoms with Crippen LogP contribution in [0.1, 0.15) is 30.1 Å². The van der Waals surface area contributed by atoms with Crippen molar-refractivity contribution in [2.45, 2.75) is 19.0 Å². The topological polar surface area (TPSA) is 32.3 Å². The third-order valence-electron chi connectivity index (χ3n) is 3.61. The average Bonchev–Trinajstić information content (AvgIpc) is 2.53. The van der Waals surface area contributed by atoms with Crippen LogP contribution >= 0.6 is 11.6 Å². The molecule has 1 N–H and O–H groups in total. The zero-order valence-corrected chi connectivity index (χ0v) is 13.8. The predicted molar refractivity (Wildman–Crippen MR) is 90.9 cm³/mol. The van der Waals surface area contributed by atoms with Crippen LogP contribution in [0.4, 0.5) is 0 Å². The number of nitrogens with zero attached hydrogens (tertiary/aromatic N) is 1. The number of carbonyl (C=O) groups excluding carboxylic acids is 1. The van der Waals surface area contributed by atoms with Gasteiger partial charge < -0.3 is 4.90 Å². The van der Waals surface area contributed by atoms with E-state index in [2.05, 4.69) is 5.32 Å². The van der Waals surface area contributed by atoms with E-state index in [-0.39, 0.29) is 18.0 Å². The Morgan fingerprint density at radius 3 is 2.14 bits per heavy atom. The highest BCUT2D eigenvalue weighted by Gasteiger charge is 2.24. The fourth-order valence-corrected chi connectivity index (χ4v) is 2.44. The molecule has 0 saturated heterocycles. The van der Waals surface area contributed by atoms with E-state index in [0.717, 1.165) is 11.1 Å². The van der Waals surface area contributed by atoms with Crippen molar-refractivity contribution in [1.29, 1.82) is 0 Å². The van der Waals surface area contributed by atoms with E-state index >= 15 is 0 Å². The van der Waals surface area contributed by atoms with Gasteiger partial charge in [-0.05, 0) is 30.2 Å². The highest BCUT2D eigenvalue weighted by atomic mass is 35.5. The Morgan fingerprint density at radius 2 is 1.59 bits per heavy atom. The van der Waals surface area contributed by atoms with E-state index in [1.54, 1.807) is 19.0 Å². The molecular formula is C18H21ClN2O. The Bertz CT molecular complexity index is 611. The summed E-state index contributed by atoms with van der Waals surface area (Å²) < 4.78 is 0. The second kappa shape index (κ2) is 7.43. The summed E-state index contributed by atoms with van der Waals surface area (Å²) >= 11 is 5.93. The molecule has 1 amide bonds. The molecule has 0 bridgehead atoms. The summed E-state index contributed by atoms with van der Waals surface area (Å²) in [5, 5.41) is 4.12. The van der Waals surface area contributed by atoms with Crippen molar-refractivity contribution in [2.75, 3.05) is 14.1 Å². The van der Waals surface area contributed by atoms with Crippen molar-refractivity contribution in [3.63, 3.8) is 0 Å². The Balaban J connectivity index is 2.23. The highest BCUT2D eigenvalue weighted by Crippen LogP contribution is 2.22. The molecule has 2 aromatic carbocycles. The lowest BCUT2D eigenvalue weighted by Crippen LogP contribution is -2.38. The van der Waals surface area contributed by atoms with Gasteiger partial charge >= 0.3 is 0 Å². The number of amides is 1. The minimum atomic E-state index is -0.373. The van der Waals surface area contributed by atoms with Crippen molar-refractivity contribution in [3.8, 4) is 0 Å². The zero-order valence-electron chi connectivity index (χ0n) is 13.1. The van der Waals surface area contributed by atoms with E-state index in [1.165, 1.54) is 0 Å². The molecule has 0 saturated carbocycles. The second-order valence-electron chi connectivity index (χ2n) is 5.52. The van der Waals surface area contributed by atoms with Crippen LogP contribution in [0, 0.1) is 0 Å². The maximum Gasteiger partial charge on any atom is 0.243 e. The van der Waals surface area contributed by atoms with Gasteiger partial charge in [0.15, 0.2) is 0 Å². The number of hydrogen-bond acceptors (Lipinski definition) is 2. The predicted octanol–water partition coefficient (Wildman–Crippen LogP) is 3.82. The molecule has 0 unspecified atom stereocenters. The fraction of sp³-hybridized carbons (Fsp3) is 0.278. The first-order valence-electron chi connectivity index (χ1n) is 7.26. The van der Waals surface area contributed by atoms with Crippen molar-refractivity contribution in [2.24, 2.45) is 0 Å². The molecule has 0 fully saturated rings. The molecule has 2 aromatic rings. The third-order valence-corrected chi connectivity index (χ3v) is 3.86. The Kier molecular flexibility index (Phi) is 5.58. The fourth-order valence-electron chi connectivity index (χ4n) is 2.31. The van der Waals surface area contributed by atoms with E-state index in [9.17, 15) is 4.79 Å². The lowest BCUT2D eigenvalue weighted by molar-refractivity contribution is -0.131. The van der Waals surface area contributed by atoms with E-state index in [4.69, 9.17) is 11.6 Å². The minimum absolute atomic E-state index is 0.0337. The van der Waals surface area contributed by atoms with E-state index < -0.39 is 0 Å². The number of carbonyl (C=O) groups is 1. The van der Waals surface area contributed by atoms with Gasteiger partial charge in [-0.3, -0.25) is 10.1 Å². The summed E-state index contributed by atoms with van der Waals surface area (Å²) in [6.45, 7) is 2.04. The van der Waals surface area contributed by atoms with Crippen LogP contribution in [0.5, 0.6) is 0 Å². The lowest BCUT2D eigenvalue weighted by atomic mass is 10.0. The molecule has 0 radical (unpaired) electrons. The quantitative estimate of drug-likeness (QED) is 0.909. The maximum absolute atomic E-state index is 12.5. The number of nitrogens with one attached hydrogen (secondary N) is 1. The summed E-state index contributed by atoms with van der Waals surface area (Å²) in [7, 11) is 3.54. The summed E-state index contributed by atoms with van der Waals surface area (Å²) in [5.41, 5.74) is 2.05. The summed E-state index contributed by atoms with van der Waals surface area (Å²) in [4.78, 5) is 14.1. The smallest absolute Gasteiger partial charge is 0.243 e. The Hall–Kier alpha value is -1.84. The molecule has 0 heterocycles. The number of hydrogen-bond donors (Lipinski definition) is 1. The highest BCUT2D eigenvalue weighted by molar-refractivity contribution is 6.30.